The van der Waals surface area contributed by atoms with Crippen LogP contribution in [-0.4, -0.2) is 35.1 Å². The third kappa shape index (κ3) is 2.54. The summed E-state index contributed by atoms with van der Waals surface area (Å²) < 4.78 is 14.1. The number of halogens is 1. The molecule has 0 atom stereocenters. The number of rotatable bonds is 2. The molecule has 0 amide bonds. The first-order chi connectivity index (χ1) is 8.03. The molecule has 1 aliphatic rings. The Balaban J connectivity index is 2.28. The third-order valence-electron chi connectivity index (χ3n) is 3.05. The number of hydrogen-bond donors (Lipinski definition) is 1. The molecule has 1 fully saturated rings. The maximum absolute atomic E-state index is 14.1. The first-order valence-electron chi connectivity index (χ1n) is 6.03. The van der Waals surface area contributed by atoms with E-state index in [-0.39, 0.29) is 11.4 Å². The van der Waals surface area contributed by atoms with Crippen molar-refractivity contribution in [3.8, 4) is 0 Å². The van der Waals surface area contributed by atoms with Crippen LogP contribution < -0.4 is 10.2 Å². The van der Waals surface area contributed by atoms with Crippen LogP contribution in [0.1, 0.15) is 26.5 Å². The van der Waals surface area contributed by atoms with Gasteiger partial charge in [-0.2, -0.15) is 0 Å². The lowest BCUT2D eigenvalue weighted by molar-refractivity contribution is 0.349. The second-order valence-corrected chi connectivity index (χ2v) is 5.04. The lowest BCUT2D eigenvalue weighted by Crippen LogP contribution is -2.57. The van der Waals surface area contributed by atoms with Crippen molar-refractivity contribution in [1.82, 2.24) is 15.3 Å². The van der Waals surface area contributed by atoms with E-state index in [1.807, 2.05) is 11.8 Å². The Morgan fingerprint density at radius 3 is 2.88 bits per heavy atom. The fourth-order valence-electron chi connectivity index (χ4n) is 2.18. The van der Waals surface area contributed by atoms with Crippen LogP contribution >= 0.6 is 0 Å². The molecule has 0 bridgehead atoms. The fourth-order valence-corrected chi connectivity index (χ4v) is 2.18. The zero-order chi connectivity index (χ0) is 12.5. The number of nitrogens with one attached hydrogen (secondary N) is 1. The van der Waals surface area contributed by atoms with E-state index in [1.165, 1.54) is 6.33 Å². The minimum absolute atomic E-state index is 0.0119. The summed E-state index contributed by atoms with van der Waals surface area (Å²) in [5.41, 5.74) is 0.480. The summed E-state index contributed by atoms with van der Waals surface area (Å²) in [6.07, 6.45) is 2.04. The Morgan fingerprint density at radius 2 is 2.24 bits per heavy atom. The molecule has 0 aliphatic carbocycles. The average Bonchev–Trinajstić information content (AvgIpc) is 2.28. The normalized spacial score (nSPS) is 19.4. The topological polar surface area (TPSA) is 41.1 Å². The summed E-state index contributed by atoms with van der Waals surface area (Å²) in [4.78, 5) is 10.0. The van der Waals surface area contributed by atoms with Crippen molar-refractivity contribution in [3.05, 3.63) is 17.8 Å². The molecular weight excluding hydrogens is 219 g/mol. The van der Waals surface area contributed by atoms with Gasteiger partial charge >= 0.3 is 0 Å². The first kappa shape index (κ1) is 12.2. The number of piperazine rings is 1. The number of hydrogen-bond acceptors (Lipinski definition) is 4. The highest BCUT2D eigenvalue weighted by Gasteiger charge is 2.28. The first-order valence-corrected chi connectivity index (χ1v) is 6.03. The van der Waals surface area contributed by atoms with Crippen LogP contribution in [0.3, 0.4) is 0 Å². The predicted octanol–water partition coefficient (Wildman–Crippen LogP) is 1.37. The molecule has 0 aromatic carbocycles. The molecule has 17 heavy (non-hydrogen) atoms. The van der Waals surface area contributed by atoms with Crippen molar-refractivity contribution in [2.24, 2.45) is 0 Å². The van der Waals surface area contributed by atoms with Gasteiger partial charge < -0.3 is 10.2 Å². The Hall–Kier alpha value is -1.23. The van der Waals surface area contributed by atoms with Gasteiger partial charge in [-0.15, -0.1) is 0 Å². The van der Waals surface area contributed by atoms with Gasteiger partial charge in [-0.25, -0.2) is 14.4 Å². The van der Waals surface area contributed by atoms with Crippen LogP contribution in [-0.2, 0) is 6.42 Å². The van der Waals surface area contributed by atoms with Crippen molar-refractivity contribution >= 4 is 5.82 Å². The third-order valence-corrected chi connectivity index (χ3v) is 3.05. The smallest absolute Gasteiger partial charge is 0.187 e. The highest BCUT2D eigenvalue weighted by atomic mass is 19.1. The largest absolute Gasteiger partial charge is 0.351 e. The molecule has 0 radical (unpaired) electrons. The van der Waals surface area contributed by atoms with Crippen LogP contribution in [0, 0.1) is 5.82 Å². The van der Waals surface area contributed by atoms with Crippen LogP contribution in [0.5, 0.6) is 0 Å². The summed E-state index contributed by atoms with van der Waals surface area (Å²) in [7, 11) is 0. The van der Waals surface area contributed by atoms with E-state index < -0.39 is 0 Å². The van der Waals surface area contributed by atoms with E-state index in [0.29, 0.717) is 17.9 Å². The zero-order valence-corrected chi connectivity index (χ0v) is 10.6. The van der Waals surface area contributed by atoms with Crippen molar-refractivity contribution in [2.75, 3.05) is 24.5 Å². The van der Waals surface area contributed by atoms with Gasteiger partial charge in [-0.05, 0) is 20.3 Å². The monoisotopic (exact) mass is 238 g/mol. The minimum atomic E-state index is -0.271. The quantitative estimate of drug-likeness (QED) is 0.845. The van der Waals surface area contributed by atoms with Gasteiger partial charge in [0, 0.05) is 25.2 Å². The Kier molecular flexibility index (Phi) is 3.28. The molecule has 0 unspecified atom stereocenters. The molecule has 1 N–H and O–H groups in total. The van der Waals surface area contributed by atoms with Gasteiger partial charge in [0.05, 0.1) is 5.69 Å². The highest BCUT2D eigenvalue weighted by Crippen LogP contribution is 2.21. The number of anilines is 1. The van der Waals surface area contributed by atoms with Gasteiger partial charge in [0.25, 0.3) is 0 Å². The Bertz CT molecular complexity index is 405. The van der Waals surface area contributed by atoms with Crippen molar-refractivity contribution in [2.45, 2.75) is 32.7 Å². The fraction of sp³-hybridized carbons (Fsp3) is 0.667. The summed E-state index contributed by atoms with van der Waals surface area (Å²) in [6, 6.07) is 0. The SMILES string of the molecule is CCc1ncnc(N2CCNC(C)(C)C2)c1F. The van der Waals surface area contributed by atoms with Gasteiger partial charge in [0.15, 0.2) is 11.6 Å². The zero-order valence-electron chi connectivity index (χ0n) is 10.6. The minimum Gasteiger partial charge on any atom is -0.351 e. The van der Waals surface area contributed by atoms with Crippen LogP contribution in [0.15, 0.2) is 6.33 Å². The number of aromatic nitrogens is 2. The van der Waals surface area contributed by atoms with Gasteiger partial charge in [0.2, 0.25) is 0 Å². The molecule has 5 heteroatoms. The molecular formula is C12H19FN4. The predicted molar refractivity (Wildman–Crippen MR) is 65.7 cm³/mol. The summed E-state index contributed by atoms with van der Waals surface area (Å²) in [6.45, 7) is 8.50. The second kappa shape index (κ2) is 4.56. The maximum atomic E-state index is 14.1. The molecule has 0 saturated carbocycles. The summed E-state index contributed by atoms with van der Waals surface area (Å²) in [5.74, 6) is 0.166. The van der Waals surface area contributed by atoms with E-state index in [2.05, 4.69) is 29.1 Å². The maximum Gasteiger partial charge on any atom is 0.187 e. The average molecular weight is 238 g/mol. The Labute approximate surface area is 101 Å². The van der Waals surface area contributed by atoms with Gasteiger partial charge in [-0.1, -0.05) is 6.92 Å². The van der Waals surface area contributed by atoms with E-state index in [9.17, 15) is 4.39 Å². The van der Waals surface area contributed by atoms with Crippen molar-refractivity contribution in [1.29, 1.82) is 0 Å². The molecule has 1 aromatic rings. The van der Waals surface area contributed by atoms with E-state index >= 15 is 0 Å². The number of nitrogens with zero attached hydrogens (tertiary/aromatic N) is 3. The number of aryl methyl sites for hydroxylation is 1. The van der Waals surface area contributed by atoms with E-state index in [0.717, 1.165) is 19.6 Å². The lowest BCUT2D eigenvalue weighted by Gasteiger charge is -2.39. The molecule has 1 aromatic heterocycles. The molecule has 1 aliphatic heterocycles. The van der Waals surface area contributed by atoms with Crippen molar-refractivity contribution in [3.63, 3.8) is 0 Å². The van der Waals surface area contributed by atoms with Crippen LogP contribution in [0.4, 0.5) is 10.2 Å². The molecule has 94 valence electrons. The van der Waals surface area contributed by atoms with Gasteiger partial charge in [0.1, 0.15) is 6.33 Å². The lowest BCUT2D eigenvalue weighted by atomic mass is 10.0. The standard InChI is InChI=1S/C12H19FN4/c1-4-9-10(13)11(15-8-14-9)17-6-5-16-12(2,3)7-17/h8,16H,4-7H2,1-3H3. The summed E-state index contributed by atoms with van der Waals surface area (Å²) >= 11 is 0. The molecule has 2 rings (SSSR count). The van der Waals surface area contributed by atoms with Crippen LogP contribution in [0.2, 0.25) is 0 Å². The van der Waals surface area contributed by atoms with Gasteiger partial charge in [-0.3, -0.25) is 0 Å². The molecule has 4 nitrogen and oxygen atoms in total. The Morgan fingerprint density at radius 1 is 1.47 bits per heavy atom. The van der Waals surface area contributed by atoms with E-state index in [1.54, 1.807) is 0 Å². The highest BCUT2D eigenvalue weighted by molar-refractivity contribution is 5.42. The second-order valence-electron chi connectivity index (χ2n) is 5.04. The van der Waals surface area contributed by atoms with Crippen molar-refractivity contribution < 1.29 is 4.39 Å². The summed E-state index contributed by atoms with van der Waals surface area (Å²) in [5, 5.41) is 3.40. The molecule has 1 saturated heterocycles. The molecule has 0 spiro atoms. The van der Waals surface area contributed by atoms with E-state index in [4.69, 9.17) is 0 Å². The van der Waals surface area contributed by atoms with Crippen LogP contribution in [0.25, 0.3) is 0 Å². The molecule has 2 heterocycles.